The van der Waals surface area contributed by atoms with Crippen molar-refractivity contribution < 1.29 is 5.11 Å². The minimum absolute atomic E-state index is 0.225. The number of aliphatic hydroxyl groups is 1. The monoisotopic (exact) mass is 493 g/mol. The normalized spacial score (nSPS) is 24.3. The Hall–Kier alpha value is -2.18. The van der Waals surface area contributed by atoms with Gasteiger partial charge in [-0.2, -0.15) is 0 Å². The number of rotatable bonds is 8. The summed E-state index contributed by atoms with van der Waals surface area (Å²) >= 11 is 0. The predicted molar refractivity (Wildman–Crippen MR) is 150 cm³/mol. The van der Waals surface area contributed by atoms with Gasteiger partial charge in [0.25, 0.3) is 0 Å². The molecule has 36 heavy (non-hydrogen) atoms. The number of likely N-dealkylation sites (N-methyl/N-ethyl adjacent to an activating group) is 1. The highest BCUT2D eigenvalue weighted by molar-refractivity contribution is 5.46. The molecule has 6 heteroatoms. The summed E-state index contributed by atoms with van der Waals surface area (Å²) in [5.74, 6) is 1.52. The van der Waals surface area contributed by atoms with E-state index in [9.17, 15) is 5.11 Å². The molecule has 0 amide bonds. The van der Waals surface area contributed by atoms with Crippen LogP contribution in [0.15, 0.2) is 36.7 Å². The standard InChI is InChI=1S/C30H47N5O/c1-21(2)28-11-9-27(17-32-28)35-18-23(15-24(19-35)30(4,5)36)14-22(3)29-12-10-26(16-33-29)34-13-7-8-25(20-34)31-6/h9-12,16-17,21-25,31,36H,7-8,13-15,18-20H2,1-6H3/t22?,23?,24?,25-/m1/s1. The van der Waals surface area contributed by atoms with E-state index in [1.54, 1.807) is 0 Å². The SMILES string of the molecule is CN[C@@H]1CCCN(c2ccc(C(C)CC3CC(C(C)(C)O)CN(c4ccc(C(C)C)nc4)C3)nc2)C1. The molecule has 4 heterocycles. The van der Waals surface area contributed by atoms with Crippen molar-refractivity contribution in [3.63, 3.8) is 0 Å². The van der Waals surface area contributed by atoms with Crippen LogP contribution in [-0.4, -0.2) is 59.9 Å². The van der Waals surface area contributed by atoms with E-state index in [2.05, 4.69) is 73.4 Å². The zero-order valence-corrected chi connectivity index (χ0v) is 23.2. The maximum Gasteiger partial charge on any atom is 0.0636 e. The lowest BCUT2D eigenvalue weighted by Gasteiger charge is -2.44. The molecule has 0 aliphatic carbocycles. The van der Waals surface area contributed by atoms with Crippen molar-refractivity contribution in [2.24, 2.45) is 11.8 Å². The summed E-state index contributed by atoms with van der Waals surface area (Å²) in [6.07, 6.45) is 8.66. The molecule has 3 unspecified atom stereocenters. The van der Waals surface area contributed by atoms with E-state index in [-0.39, 0.29) is 5.92 Å². The zero-order valence-electron chi connectivity index (χ0n) is 23.2. The van der Waals surface area contributed by atoms with Crippen LogP contribution in [0.2, 0.25) is 0 Å². The van der Waals surface area contributed by atoms with E-state index >= 15 is 0 Å². The molecule has 4 rings (SSSR count). The van der Waals surface area contributed by atoms with Crippen LogP contribution in [0.4, 0.5) is 11.4 Å². The topological polar surface area (TPSA) is 64.5 Å². The van der Waals surface area contributed by atoms with Gasteiger partial charge in [0.1, 0.15) is 0 Å². The Balaban J connectivity index is 1.43. The van der Waals surface area contributed by atoms with Crippen molar-refractivity contribution in [2.45, 2.75) is 83.8 Å². The summed E-state index contributed by atoms with van der Waals surface area (Å²) in [6.45, 7) is 14.6. The van der Waals surface area contributed by atoms with Crippen LogP contribution in [-0.2, 0) is 0 Å². The molecule has 0 bridgehead atoms. The van der Waals surface area contributed by atoms with Gasteiger partial charge in [-0.15, -0.1) is 0 Å². The highest BCUT2D eigenvalue weighted by atomic mass is 16.3. The van der Waals surface area contributed by atoms with Crippen molar-refractivity contribution in [1.29, 1.82) is 0 Å². The number of piperidine rings is 2. The molecule has 2 saturated heterocycles. The summed E-state index contributed by atoms with van der Waals surface area (Å²) < 4.78 is 0. The Bertz CT molecular complexity index is 953. The summed E-state index contributed by atoms with van der Waals surface area (Å²) in [6, 6.07) is 9.40. The Kier molecular flexibility index (Phi) is 8.56. The zero-order chi connectivity index (χ0) is 25.9. The van der Waals surface area contributed by atoms with Crippen molar-refractivity contribution in [3.8, 4) is 0 Å². The maximum atomic E-state index is 10.9. The molecule has 2 aliphatic rings. The van der Waals surface area contributed by atoms with Gasteiger partial charge in [-0.25, -0.2) is 0 Å². The molecule has 2 aliphatic heterocycles. The molecular formula is C30H47N5O. The number of hydrogen-bond acceptors (Lipinski definition) is 6. The lowest BCUT2D eigenvalue weighted by atomic mass is 9.76. The van der Waals surface area contributed by atoms with Crippen LogP contribution in [0.3, 0.4) is 0 Å². The average Bonchev–Trinajstić information content (AvgIpc) is 2.88. The van der Waals surface area contributed by atoms with Gasteiger partial charge < -0.3 is 20.2 Å². The quantitative estimate of drug-likeness (QED) is 0.527. The van der Waals surface area contributed by atoms with Gasteiger partial charge in [0.15, 0.2) is 0 Å². The maximum absolute atomic E-state index is 10.9. The Morgan fingerprint density at radius 1 is 0.972 bits per heavy atom. The molecular weight excluding hydrogens is 446 g/mol. The van der Waals surface area contributed by atoms with Crippen LogP contribution in [0.25, 0.3) is 0 Å². The predicted octanol–water partition coefficient (Wildman–Crippen LogP) is 5.20. The van der Waals surface area contributed by atoms with E-state index < -0.39 is 5.60 Å². The number of anilines is 2. The van der Waals surface area contributed by atoms with Gasteiger partial charge in [-0.05, 0) is 88.6 Å². The lowest BCUT2D eigenvalue weighted by Crippen LogP contribution is -2.48. The first-order valence-corrected chi connectivity index (χ1v) is 14.0. The Labute approximate surface area is 218 Å². The van der Waals surface area contributed by atoms with Crippen LogP contribution in [0.5, 0.6) is 0 Å². The molecule has 2 aromatic heterocycles. The second-order valence-electron chi connectivity index (χ2n) is 12.1. The molecule has 198 valence electrons. The van der Waals surface area contributed by atoms with E-state index in [0.717, 1.165) is 50.4 Å². The lowest BCUT2D eigenvalue weighted by molar-refractivity contribution is 0.00127. The van der Waals surface area contributed by atoms with E-state index in [4.69, 9.17) is 9.97 Å². The van der Waals surface area contributed by atoms with Gasteiger partial charge in [0, 0.05) is 49.5 Å². The van der Waals surface area contributed by atoms with Crippen LogP contribution >= 0.6 is 0 Å². The van der Waals surface area contributed by atoms with Crippen molar-refractivity contribution in [2.75, 3.05) is 43.0 Å². The molecule has 2 aromatic rings. The van der Waals surface area contributed by atoms with Crippen molar-refractivity contribution in [3.05, 3.63) is 48.0 Å². The molecule has 2 N–H and O–H groups in total. The number of nitrogens with one attached hydrogen (secondary N) is 1. The van der Waals surface area contributed by atoms with Gasteiger partial charge in [0.2, 0.25) is 0 Å². The fraction of sp³-hybridized carbons (Fsp3) is 0.667. The first-order valence-electron chi connectivity index (χ1n) is 14.0. The Morgan fingerprint density at radius 3 is 2.22 bits per heavy atom. The number of nitrogens with zero attached hydrogens (tertiary/aromatic N) is 4. The molecule has 0 radical (unpaired) electrons. The molecule has 0 aromatic carbocycles. The van der Waals surface area contributed by atoms with E-state index in [1.165, 1.54) is 24.2 Å². The van der Waals surface area contributed by atoms with Crippen LogP contribution in [0, 0.1) is 11.8 Å². The van der Waals surface area contributed by atoms with Gasteiger partial charge in [0.05, 0.1) is 29.4 Å². The van der Waals surface area contributed by atoms with Crippen molar-refractivity contribution in [1.82, 2.24) is 15.3 Å². The summed E-state index contributed by atoms with van der Waals surface area (Å²) in [5.41, 5.74) is 3.98. The van der Waals surface area contributed by atoms with Gasteiger partial charge >= 0.3 is 0 Å². The second kappa shape index (κ2) is 11.5. The molecule has 2 fully saturated rings. The highest BCUT2D eigenvalue weighted by Gasteiger charge is 2.36. The third kappa shape index (κ3) is 6.57. The highest BCUT2D eigenvalue weighted by Crippen LogP contribution is 2.37. The first-order chi connectivity index (χ1) is 17.1. The minimum Gasteiger partial charge on any atom is -0.390 e. The van der Waals surface area contributed by atoms with Crippen LogP contribution < -0.4 is 15.1 Å². The third-order valence-corrected chi connectivity index (χ3v) is 8.42. The minimum atomic E-state index is -0.703. The fourth-order valence-electron chi connectivity index (χ4n) is 5.97. The molecule has 4 atom stereocenters. The first kappa shape index (κ1) is 26.9. The fourth-order valence-corrected chi connectivity index (χ4v) is 5.97. The van der Waals surface area contributed by atoms with E-state index in [1.807, 2.05) is 20.0 Å². The number of pyridine rings is 2. The van der Waals surface area contributed by atoms with Gasteiger partial charge in [-0.3, -0.25) is 9.97 Å². The summed E-state index contributed by atoms with van der Waals surface area (Å²) in [4.78, 5) is 14.5. The number of hydrogen-bond donors (Lipinski definition) is 2. The second-order valence-corrected chi connectivity index (χ2v) is 12.1. The number of aromatic nitrogens is 2. The average molecular weight is 494 g/mol. The molecule has 6 nitrogen and oxygen atoms in total. The summed E-state index contributed by atoms with van der Waals surface area (Å²) in [7, 11) is 2.06. The van der Waals surface area contributed by atoms with E-state index in [0.29, 0.717) is 23.8 Å². The molecule has 0 saturated carbocycles. The van der Waals surface area contributed by atoms with Crippen LogP contribution in [0.1, 0.15) is 83.5 Å². The van der Waals surface area contributed by atoms with Gasteiger partial charge in [-0.1, -0.05) is 20.8 Å². The third-order valence-electron chi connectivity index (χ3n) is 8.42. The summed E-state index contributed by atoms with van der Waals surface area (Å²) in [5, 5.41) is 14.3. The van der Waals surface area contributed by atoms with Crippen molar-refractivity contribution >= 4 is 11.4 Å². The smallest absolute Gasteiger partial charge is 0.0636 e. The molecule has 0 spiro atoms. The largest absolute Gasteiger partial charge is 0.390 e. The Morgan fingerprint density at radius 2 is 1.64 bits per heavy atom.